The summed E-state index contributed by atoms with van der Waals surface area (Å²) in [5, 5.41) is 0. The third-order valence-corrected chi connectivity index (χ3v) is 3.77. The van der Waals surface area contributed by atoms with Crippen LogP contribution in [0.25, 0.3) is 0 Å². The van der Waals surface area contributed by atoms with Crippen LogP contribution in [0.3, 0.4) is 0 Å². The summed E-state index contributed by atoms with van der Waals surface area (Å²) in [7, 11) is 0. The standard InChI is InChI=1S/C16H26/c1-6-16(11-12-16)15(14(4)5)10-8-7-9-13(2)3/h6,9,15H,1,4,7-8,10-12H2,2-3,5H3. The number of unbranched alkanes of at least 4 members (excludes halogenated alkanes) is 1. The fourth-order valence-corrected chi connectivity index (χ4v) is 2.58. The second-order valence-electron chi connectivity index (χ2n) is 5.55. The van der Waals surface area contributed by atoms with E-state index in [0.717, 1.165) is 0 Å². The van der Waals surface area contributed by atoms with Gasteiger partial charge in [0.2, 0.25) is 0 Å². The molecule has 0 bridgehead atoms. The highest BCUT2D eigenvalue weighted by Crippen LogP contribution is 2.56. The van der Waals surface area contributed by atoms with E-state index in [1.165, 1.54) is 43.3 Å². The van der Waals surface area contributed by atoms with Crippen molar-refractivity contribution in [2.75, 3.05) is 0 Å². The predicted molar refractivity (Wildman–Crippen MR) is 73.5 cm³/mol. The minimum Gasteiger partial charge on any atom is -0.103 e. The Balaban J connectivity index is 2.44. The van der Waals surface area contributed by atoms with Gasteiger partial charge in [-0.2, -0.15) is 0 Å². The SMILES string of the molecule is C=CC1(C(CCCC=C(C)C)C(=C)C)CC1. The summed E-state index contributed by atoms with van der Waals surface area (Å²) in [6, 6.07) is 0. The van der Waals surface area contributed by atoms with Crippen molar-refractivity contribution in [1.82, 2.24) is 0 Å². The summed E-state index contributed by atoms with van der Waals surface area (Å²) in [5.74, 6) is 0.663. The van der Waals surface area contributed by atoms with Crippen molar-refractivity contribution in [2.24, 2.45) is 11.3 Å². The van der Waals surface area contributed by atoms with E-state index in [-0.39, 0.29) is 0 Å². The Bertz CT molecular complexity index is 285. The lowest BCUT2D eigenvalue weighted by molar-refractivity contribution is 0.397. The van der Waals surface area contributed by atoms with Crippen molar-refractivity contribution in [2.45, 2.75) is 52.9 Å². The third-order valence-electron chi connectivity index (χ3n) is 3.77. The molecule has 1 saturated carbocycles. The molecule has 0 aliphatic heterocycles. The van der Waals surface area contributed by atoms with Gasteiger partial charge in [-0.3, -0.25) is 0 Å². The van der Waals surface area contributed by atoms with Gasteiger partial charge in [0.1, 0.15) is 0 Å². The van der Waals surface area contributed by atoms with E-state index in [4.69, 9.17) is 0 Å². The monoisotopic (exact) mass is 218 g/mol. The summed E-state index contributed by atoms with van der Waals surface area (Å²) in [5.41, 5.74) is 3.18. The van der Waals surface area contributed by atoms with E-state index < -0.39 is 0 Å². The van der Waals surface area contributed by atoms with Crippen LogP contribution in [0.15, 0.2) is 36.5 Å². The van der Waals surface area contributed by atoms with Crippen LogP contribution in [-0.2, 0) is 0 Å². The van der Waals surface area contributed by atoms with Crippen molar-refractivity contribution in [3.05, 3.63) is 36.5 Å². The Labute approximate surface area is 101 Å². The van der Waals surface area contributed by atoms with E-state index in [1.54, 1.807) is 0 Å². The molecular formula is C16H26. The average Bonchev–Trinajstić information content (AvgIpc) is 2.97. The number of hydrogen-bond donors (Lipinski definition) is 0. The van der Waals surface area contributed by atoms with Crippen LogP contribution in [0, 0.1) is 11.3 Å². The first-order valence-electron chi connectivity index (χ1n) is 6.44. The number of rotatable bonds is 7. The van der Waals surface area contributed by atoms with Gasteiger partial charge >= 0.3 is 0 Å². The van der Waals surface area contributed by atoms with Gasteiger partial charge < -0.3 is 0 Å². The molecular weight excluding hydrogens is 192 g/mol. The minimum absolute atomic E-state index is 0.413. The van der Waals surface area contributed by atoms with E-state index in [0.29, 0.717) is 11.3 Å². The van der Waals surface area contributed by atoms with Crippen molar-refractivity contribution in [1.29, 1.82) is 0 Å². The topological polar surface area (TPSA) is 0 Å². The van der Waals surface area contributed by atoms with E-state index >= 15 is 0 Å². The second-order valence-corrected chi connectivity index (χ2v) is 5.55. The molecule has 0 aromatic rings. The average molecular weight is 218 g/mol. The van der Waals surface area contributed by atoms with Crippen LogP contribution >= 0.6 is 0 Å². The Morgan fingerprint density at radius 2 is 1.94 bits per heavy atom. The zero-order valence-electron chi connectivity index (χ0n) is 11.2. The maximum absolute atomic E-state index is 4.16. The second kappa shape index (κ2) is 5.52. The zero-order valence-corrected chi connectivity index (χ0v) is 11.2. The largest absolute Gasteiger partial charge is 0.103 e. The summed E-state index contributed by atoms with van der Waals surface area (Å²) >= 11 is 0. The lowest BCUT2D eigenvalue weighted by atomic mass is 9.80. The molecule has 1 aliphatic carbocycles. The van der Waals surface area contributed by atoms with E-state index in [9.17, 15) is 0 Å². The predicted octanol–water partition coefficient (Wildman–Crippen LogP) is 5.28. The molecule has 0 amide bonds. The molecule has 1 aliphatic rings. The van der Waals surface area contributed by atoms with Crippen LogP contribution in [0.5, 0.6) is 0 Å². The molecule has 1 unspecified atom stereocenters. The minimum atomic E-state index is 0.413. The van der Waals surface area contributed by atoms with Gasteiger partial charge in [-0.25, -0.2) is 0 Å². The lowest BCUT2D eigenvalue weighted by Gasteiger charge is -2.24. The molecule has 0 aromatic heterocycles. The molecule has 0 radical (unpaired) electrons. The van der Waals surface area contributed by atoms with Gasteiger partial charge in [-0.15, -0.1) is 6.58 Å². The number of hydrogen-bond acceptors (Lipinski definition) is 0. The van der Waals surface area contributed by atoms with Gasteiger partial charge in [0.15, 0.2) is 0 Å². The lowest BCUT2D eigenvalue weighted by Crippen LogP contribution is -2.14. The van der Waals surface area contributed by atoms with Crippen LogP contribution in [0.1, 0.15) is 52.9 Å². The molecule has 0 heteroatoms. The van der Waals surface area contributed by atoms with Gasteiger partial charge in [0.25, 0.3) is 0 Å². The molecule has 1 fully saturated rings. The van der Waals surface area contributed by atoms with Gasteiger partial charge in [0, 0.05) is 0 Å². The third kappa shape index (κ3) is 3.37. The van der Waals surface area contributed by atoms with Gasteiger partial charge in [-0.1, -0.05) is 29.9 Å². The van der Waals surface area contributed by atoms with Crippen LogP contribution < -0.4 is 0 Å². The van der Waals surface area contributed by atoms with Crippen molar-refractivity contribution < 1.29 is 0 Å². The van der Waals surface area contributed by atoms with Crippen LogP contribution in [-0.4, -0.2) is 0 Å². The molecule has 0 N–H and O–H groups in total. The summed E-state index contributed by atoms with van der Waals surface area (Å²) < 4.78 is 0. The maximum Gasteiger partial charge on any atom is -0.00551 e. The summed E-state index contributed by atoms with van der Waals surface area (Å²) in [6.07, 6.45) is 10.9. The highest BCUT2D eigenvalue weighted by molar-refractivity contribution is 5.18. The van der Waals surface area contributed by atoms with E-state index in [2.05, 4.69) is 46.1 Å². The normalized spacial score (nSPS) is 18.7. The Morgan fingerprint density at radius 3 is 2.31 bits per heavy atom. The molecule has 0 aromatic carbocycles. The molecule has 16 heavy (non-hydrogen) atoms. The maximum atomic E-state index is 4.16. The molecule has 0 saturated heterocycles. The Hall–Kier alpha value is -0.780. The van der Waals surface area contributed by atoms with Gasteiger partial charge in [0.05, 0.1) is 0 Å². The first kappa shape index (κ1) is 13.3. The van der Waals surface area contributed by atoms with Crippen LogP contribution in [0.2, 0.25) is 0 Å². The van der Waals surface area contributed by atoms with Gasteiger partial charge in [-0.05, 0) is 64.2 Å². The fourth-order valence-electron chi connectivity index (χ4n) is 2.58. The molecule has 0 spiro atoms. The highest BCUT2D eigenvalue weighted by Gasteiger charge is 2.46. The molecule has 90 valence electrons. The molecule has 0 nitrogen and oxygen atoms in total. The summed E-state index contributed by atoms with van der Waals surface area (Å²) in [4.78, 5) is 0. The first-order valence-corrected chi connectivity index (χ1v) is 6.44. The highest BCUT2D eigenvalue weighted by atomic mass is 14.5. The number of allylic oxidation sites excluding steroid dienone is 4. The Kier molecular flexibility index (Phi) is 4.58. The van der Waals surface area contributed by atoms with Crippen molar-refractivity contribution in [3.63, 3.8) is 0 Å². The fraction of sp³-hybridized carbons (Fsp3) is 0.625. The Morgan fingerprint density at radius 1 is 1.31 bits per heavy atom. The molecule has 1 rings (SSSR count). The van der Waals surface area contributed by atoms with Crippen molar-refractivity contribution in [3.8, 4) is 0 Å². The molecule has 0 heterocycles. The quantitative estimate of drug-likeness (QED) is 0.403. The zero-order chi connectivity index (χ0) is 12.2. The smallest absolute Gasteiger partial charge is 0.00551 e. The molecule has 1 atom stereocenters. The first-order chi connectivity index (χ1) is 7.52. The summed E-state index contributed by atoms with van der Waals surface area (Å²) in [6.45, 7) is 14.7. The van der Waals surface area contributed by atoms with E-state index in [1.807, 2.05) is 0 Å². The van der Waals surface area contributed by atoms with Crippen LogP contribution in [0.4, 0.5) is 0 Å². The van der Waals surface area contributed by atoms with Crippen molar-refractivity contribution >= 4 is 0 Å².